The van der Waals surface area contributed by atoms with Gasteiger partial charge >= 0.3 is 5.97 Å². The van der Waals surface area contributed by atoms with Crippen LogP contribution in [-0.2, 0) is 0 Å². The lowest BCUT2D eigenvalue weighted by Gasteiger charge is -2.03. The number of carbonyl (C=O) groups excluding carboxylic acids is 1. The van der Waals surface area contributed by atoms with Gasteiger partial charge < -0.3 is 4.74 Å². The molecule has 16 heavy (non-hydrogen) atoms. The van der Waals surface area contributed by atoms with Gasteiger partial charge in [0.2, 0.25) is 0 Å². The Bertz CT molecular complexity index is 472. The minimum absolute atomic E-state index is 0.385. The molecule has 0 atom stereocenters. The predicted octanol–water partition coefficient (Wildman–Crippen LogP) is 3.01. The van der Waals surface area contributed by atoms with Gasteiger partial charge in [-0.05, 0) is 31.2 Å². The molecule has 79 valence electrons. The van der Waals surface area contributed by atoms with Gasteiger partial charge in [-0.15, -0.1) is 0 Å². The predicted molar refractivity (Wildman–Crippen MR) is 61.4 cm³/mol. The second-order valence-electron chi connectivity index (χ2n) is 3.48. The zero-order valence-electron chi connectivity index (χ0n) is 8.94. The number of rotatable bonds is 2. The summed E-state index contributed by atoms with van der Waals surface area (Å²) in [5.74, 6) is 0.164. The summed E-state index contributed by atoms with van der Waals surface area (Å²) in [5, 5.41) is 0. The summed E-state index contributed by atoms with van der Waals surface area (Å²) < 4.78 is 5.19. The summed E-state index contributed by atoms with van der Waals surface area (Å²) in [6.45, 7) is 1.98. The SMILES string of the molecule is Cc1ccc(OC(=O)c2[c]cccc2)cc1. The first-order chi connectivity index (χ1) is 7.75. The van der Waals surface area contributed by atoms with Crippen molar-refractivity contribution in [1.82, 2.24) is 0 Å². The Hall–Kier alpha value is -2.09. The zero-order valence-corrected chi connectivity index (χ0v) is 8.94. The van der Waals surface area contributed by atoms with E-state index in [9.17, 15) is 4.79 Å². The van der Waals surface area contributed by atoms with Crippen LogP contribution in [0, 0.1) is 13.0 Å². The minimum atomic E-state index is -0.385. The monoisotopic (exact) mass is 211 g/mol. The Kier molecular flexibility index (Phi) is 3.01. The van der Waals surface area contributed by atoms with Gasteiger partial charge in [0.1, 0.15) is 5.75 Å². The lowest BCUT2D eigenvalue weighted by atomic mass is 10.2. The molecule has 0 aliphatic heterocycles. The molecular weight excluding hydrogens is 200 g/mol. The standard InChI is InChI=1S/C14H11O2/c1-11-7-9-13(10-8-11)16-14(15)12-5-3-2-4-6-12/h2-5,7-10H,1H3. The Morgan fingerprint density at radius 1 is 1.12 bits per heavy atom. The number of aryl methyl sites for hydroxylation is 1. The van der Waals surface area contributed by atoms with E-state index in [0.29, 0.717) is 11.3 Å². The van der Waals surface area contributed by atoms with Crippen LogP contribution in [0.4, 0.5) is 0 Å². The van der Waals surface area contributed by atoms with Crippen LogP contribution in [0.15, 0.2) is 48.5 Å². The highest BCUT2D eigenvalue weighted by atomic mass is 16.5. The fraction of sp³-hybridized carbons (Fsp3) is 0.0714. The molecule has 2 heteroatoms. The summed E-state index contributed by atoms with van der Waals surface area (Å²) >= 11 is 0. The van der Waals surface area contributed by atoms with Crippen LogP contribution >= 0.6 is 0 Å². The van der Waals surface area contributed by atoms with Crippen LogP contribution in [-0.4, -0.2) is 5.97 Å². The highest BCUT2D eigenvalue weighted by Gasteiger charge is 2.07. The van der Waals surface area contributed by atoms with Crippen LogP contribution in [0.5, 0.6) is 5.75 Å². The summed E-state index contributed by atoms with van der Waals surface area (Å²) in [7, 11) is 0. The third kappa shape index (κ3) is 2.48. The van der Waals surface area contributed by atoms with Crippen molar-refractivity contribution < 1.29 is 9.53 Å². The fourth-order valence-electron chi connectivity index (χ4n) is 1.29. The maximum atomic E-state index is 11.6. The molecule has 0 aliphatic rings. The molecule has 0 amide bonds. The minimum Gasteiger partial charge on any atom is -0.423 e. The number of ether oxygens (including phenoxy) is 1. The van der Waals surface area contributed by atoms with Gasteiger partial charge in [0.15, 0.2) is 0 Å². The van der Waals surface area contributed by atoms with Crippen LogP contribution in [0.3, 0.4) is 0 Å². The molecule has 2 rings (SSSR count). The maximum absolute atomic E-state index is 11.6. The molecule has 1 radical (unpaired) electrons. The topological polar surface area (TPSA) is 26.3 Å². The number of esters is 1. The smallest absolute Gasteiger partial charge is 0.344 e. The van der Waals surface area contributed by atoms with E-state index in [1.54, 1.807) is 30.3 Å². The Labute approximate surface area is 94.5 Å². The third-order valence-corrected chi connectivity index (χ3v) is 2.16. The molecule has 2 aromatic rings. The van der Waals surface area contributed by atoms with Crippen molar-refractivity contribution in [1.29, 1.82) is 0 Å². The van der Waals surface area contributed by atoms with Crippen LogP contribution in [0.25, 0.3) is 0 Å². The molecule has 0 aromatic heterocycles. The largest absolute Gasteiger partial charge is 0.423 e. The second kappa shape index (κ2) is 4.62. The molecule has 0 unspecified atom stereocenters. The number of hydrogen-bond acceptors (Lipinski definition) is 2. The molecule has 0 aliphatic carbocycles. The normalized spacial score (nSPS) is 9.81. The van der Waals surface area contributed by atoms with E-state index < -0.39 is 0 Å². The Morgan fingerprint density at radius 2 is 1.88 bits per heavy atom. The van der Waals surface area contributed by atoms with E-state index >= 15 is 0 Å². The van der Waals surface area contributed by atoms with Crippen molar-refractivity contribution in [2.24, 2.45) is 0 Å². The molecule has 0 heterocycles. The van der Waals surface area contributed by atoms with E-state index in [1.165, 1.54) is 0 Å². The van der Waals surface area contributed by atoms with Gasteiger partial charge in [0.05, 0.1) is 5.56 Å². The van der Waals surface area contributed by atoms with Crippen molar-refractivity contribution in [3.05, 3.63) is 65.7 Å². The number of hydrogen-bond donors (Lipinski definition) is 0. The fourth-order valence-corrected chi connectivity index (χ4v) is 1.29. The van der Waals surface area contributed by atoms with E-state index in [4.69, 9.17) is 4.74 Å². The lowest BCUT2D eigenvalue weighted by molar-refractivity contribution is 0.0734. The first-order valence-corrected chi connectivity index (χ1v) is 5.01. The van der Waals surface area contributed by atoms with Gasteiger partial charge in [-0.1, -0.05) is 35.9 Å². The molecule has 0 saturated carbocycles. The molecular formula is C14H11O2. The van der Waals surface area contributed by atoms with Crippen molar-refractivity contribution in [3.63, 3.8) is 0 Å². The first kappa shape index (κ1) is 10.4. The van der Waals surface area contributed by atoms with Gasteiger partial charge in [0, 0.05) is 0 Å². The van der Waals surface area contributed by atoms with Crippen LogP contribution in [0.1, 0.15) is 15.9 Å². The summed E-state index contributed by atoms with van der Waals surface area (Å²) in [4.78, 5) is 11.6. The van der Waals surface area contributed by atoms with Crippen LogP contribution in [0.2, 0.25) is 0 Å². The highest BCUT2D eigenvalue weighted by Crippen LogP contribution is 2.13. The van der Waals surface area contributed by atoms with Crippen molar-refractivity contribution in [2.75, 3.05) is 0 Å². The maximum Gasteiger partial charge on any atom is 0.344 e. The Balaban J connectivity index is 2.11. The third-order valence-electron chi connectivity index (χ3n) is 2.16. The lowest BCUT2D eigenvalue weighted by Crippen LogP contribution is -2.08. The summed E-state index contributed by atoms with van der Waals surface area (Å²) in [5.41, 5.74) is 1.56. The van der Waals surface area contributed by atoms with E-state index in [1.807, 2.05) is 25.1 Å². The molecule has 2 aromatic carbocycles. The second-order valence-corrected chi connectivity index (χ2v) is 3.48. The Morgan fingerprint density at radius 3 is 2.50 bits per heavy atom. The van der Waals surface area contributed by atoms with E-state index in [0.717, 1.165) is 5.56 Å². The number of benzene rings is 2. The van der Waals surface area contributed by atoms with E-state index in [-0.39, 0.29) is 5.97 Å². The molecule has 0 fully saturated rings. The van der Waals surface area contributed by atoms with Crippen LogP contribution < -0.4 is 4.74 Å². The number of carbonyl (C=O) groups is 1. The molecule has 0 saturated heterocycles. The summed E-state index contributed by atoms with van der Waals surface area (Å²) in [6, 6.07) is 17.1. The average molecular weight is 211 g/mol. The van der Waals surface area contributed by atoms with Gasteiger partial charge in [-0.25, -0.2) is 4.79 Å². The van der Waals surface area contributed by atoms with Crippen molar-refractivity contribution in [2.45, 2.75) is 6.92 Å². The van der Waals surface area contributed by atoms with Crippen molar-refractivity contribution >= 4 is 5.97 Å². The molecule has 0 spiro atoms. The quantitative estimate of drug-likeness (QED) is 0.563. The van der Waals surface area contributed by atoms with Crippen molar-refractivity contribution in [3.8, 4) is 5.75 Å². The van der Waals surface area contributed by atoms with Gasteiger partial charge in [-0.3, -0.25) is 0 Å². The highest BCUT2D eigenvalue weighted by molar-refractivity contribution is 5.90. The molecule has 0 N–H and O–H groups in total. The van der Waals surface area contributed by atoms with E-state index in [2.05, 4.69) is 6.07 Å². The summed E-state index contributed by atoms with van der Waals surface area (Å²) in [6.07, 6.45) is 0. The zero-order chi connectivity index (χ0) is 11.4. The first-order valence-electron chi connectivity index (χ1n) is 5.01. The van der Waals surface area contributed by atoms with Gasteiger partial charge in [-0.2, -0.15) is 0 Å². The molecule has 2 nitrogen and oxygen atoms in total. The van der Waals surface area contributed by atoms with Gasteiger partial charge in [0.25, 0.3) is 0 Å². The average Bonchev–Trinajstić information content (AvgIpc) is 2.33. The molecule has 0 bridgehead atoms.